The topological polar surface area (TPSA) is 59.4 Å². The molecule has 0 radical (unpaired) electrons. The molecule has 12 heavy (non-hydrogen) atoms. The Morgan fingerprint density at radius 3 is 2.17 bits per heavy atom. The lowest BCUT2D eigenvalue weighted by atomic mass is 9.68. The van der Waals surface area contributed by atoms with Gasteiger partial charge in [-0.2, -0.15) is 0 Å². The molecule has 0 amide bonds. The molecule has 0 heterocycles. The summed E-state index contributed by atoms with van der Waals surface area (Å²) in [5, 5.41) is 7.45. The van der Waals surface area contributed by atoms with Gasteiger partial charge < -0.3 is 9.47 Å². The number of rotatable bonds is 2. The van der Waals surface area contributed by atoms with E-state index in [1.54, 1.807) is 0 Å². The molecule has 4 heteroatoms. The van der Waals surface area contributed by atoms with Crippen LogP contribution in [0.15, 0.2) is 0 Å². The van der Waals surface area contributed by atoms with Crippen molar-refractivity contribution in [2.75, 3.05) is 14.2 Å². The van der Waals surface area contributed by atoms with Crippen LogP contribution in [0.5, 0.6) is 0 Å². The van der Waals surface area contributed by atoms with Gasteiger partial charge in [-0.15, -0.1) is 0 Å². The second kappa shape index (κ2) is 3.13. The van der Waals surface area contributed by atoms with Crippen molar-refractivity contribution in [3.8, 4) is 0 Å². The number of carbonyl (C=O) groups excluding carboxylic acids is 1. The molecule has 0 aromatic rings. The van der Waals surface area contributed by atoms with Gasteiger partial charge in [-0.05, 0) is 12.8 Å². The van der Waals surface area contributed by atoms with E-state index < -0.39 is 5.41 Å². The standard InChI is InChI=1S/C8H13NO3/c1-11-6(9)8(4-3-5-8)7(10)12-2/h9H,3-5H2,1-2H3. The minimum atomic E-state index is -0.760. The van der Waals surface area contributed by atoms with Gasteiger partial charge in [0.05, 0.1) is 14.2 Å². The Labute approximate surface area is 71.4 Å². The Hall–Kier alpha value is -1.06. The maximum Gasteiger partial charge on any atom is 0.321 e. The van der Waals surface area contributed by atoms with Gasteiger partial charge in [0.25, 0.3) is 0 Å². The lowest BCUT2D eigenvalue weighted by Crippen LogP contribution is -2.46. The number of nitrogens with one attached hydrogen (secondary N) is 1. The molecule has 0 aromatic heterocycles. The van der Waals surface area contributed by atoms with Gasteiger partial charge in [-0.25, -0.2) is 0 Å². The average Bonchev–Trinajstić information content (AvgIpc) is 2.01. The number of hydrogen-bond acceptors (Lipinski definition) is 4. The van der Waals surface area contributed by atoms with Crippen molar-refractivity contribution in [3.05, 3.63) is 0 Å². The van der Waals surface area contributed by atoms with E-state index in [-0.39, 0.29) is 11.9 Å². The fraction of sp³-hybridized carbons (Fsp3) is 0.750. The summed E-state index contributed by atoms with van der Waals surface area (Å²) in [6.07, 6.45) is 2.31. The summed E-state index contributed by atoms with van der Waals surface area (Å²) in [5.41, 5.74) is -0.760. The first-order valence-corrected chi connectivity index (χ1v) is 3.89. The number of hydrogen-bond donors (Lipinski definition) is 1. The molecule has 0 saturated heterocycles. The van der Waals surface area contributed by atoms with Gasteiger partial charge in [0, 0.05) is 0 Å². The summed E-state index contributed by atoms with van der Waals surface area (Å²) in [5.74, 6) is -0.318. The Bertz CT molecular complexity index is 190. The largest absolute Gasteiger partial charge is 0.484 e. The van der Waals surface area contributed by atoms with Gasteiger partial charge in [0.2, 0.25) is 0 Å². The number of methoxy groups -OCH3 is 2. The predicted molar refractivity (Wildman–Crippen MR) is 43.0 cm³/mol. The molecule has 1 rings (SSSR count). The molecular weight excluding hydrogens is 158 g/mol. The normalized spacial score (nSPS) is 19.2. The summed E-state index contributed by atoms with van der Waals surface area (Å²) in [4.78, 5) is 11.3. The van der Waals surface area contributed by atoms with Crippen LogP contribution in [0.3, 0.4) is 0 Å². The van der Waals surface area contributed by atoms with Crippen molar-refractivity contribution < 1.29 is 14.3 Å². The first kappa shape index (κ1) is 9.03. The second-order valence-corrected chi connectivity index (χ2v) is 2.96. The minimum Gasteiger partial charge on any atom is -0.484 e. The van der Waals surface area contributed by atoms with E-state index >= 15 is 0 Å². The Balaban J connectivity index is 2.75. The summed E-state index contributed by atoms with van der Waals surface area (Å²) in [6.45, 7) is 0. The van der Waals surface area contributed by atoms with Crippen LogP contribution in [0.2, 0.25) is 0 Å². The smallest absolute Gasteiger partial charge is 0.321 e. The molecular formula is C8H13NO3. The van der Waals surface area contributed by atoms with Gasteiger partial charge >= 0.3 is 5.97 Å². The predicted octanol–water partition coefficient (Wildman–Crippen LogP) is 0.953. The van der Waals surface area contributed by atoms with Gasteiger partial charge in [0.1, 0.15) is 5.41 Å². The maximum atomic E-state index is 11.3. The average molecular weight is 171 g/mol. The first-order chi connectivity index (χ1) is 5.67. The number of esters is 1. The minimum absolute atomic E-state index is 0.0283. The highest BCUT2D eigenvalue weighted by Gasteiger charge is 2.50. The van der Waals surface area contributed by atoms with Crippen LogP contribution in [0.25, 0.3) is 0 Å². The molecule has 0 unspecified atom stereocenters. The highest BCUT2D eigenvalue weighted by molar-refractivity contribution is 6.02. The van der Waals surface area contributed by atoms with Gasteiger partial charge in [-0.3, -0.25) is 10.2 Å². The molecule has 1 aliphatic rings. The third kappa shape index (κ3) is 1.07. The summed E-state index contributed by atoms with van der Waals surface area (Å²) < 4.78 is 9.38. The van der Waals surface area contributed by atoms with E-state index in [9.17, 15) is 4.79 Å². The lowest BCUT2D eigenvalue weighted by molar-refractivity contribution is -0.153. The fourth-order valence-electron chi connectivity index (χ4n) is 1.44. The molecule has 68 valence electrons. The molecule has 0 spiro atoms. The molecule has 0 aromatic carbocycles. The number of carbonyl (C=O) groups is 1. The third-order valence-corrected chi connectivity index (χ3v) is 2.42. The van der Waals surface area contributed by atoms with Crippen molar-refractivity contribution in [1.82, 2.24) is 0 Å². The monoisotopic (exact) mass is 171 g/mol. The molecule has 1 fully saturated rings. The molecule has 1 saturated carbocycles. The zero-order valence-corrected chi connectivity index (χ0v) is 7.35. The van der Waals surface area contributed by atoms with Crippen molar-refractivity contribution in [3.63, 3.8) is 0 Å². The van der Waals surface area contributed by atoms with Crippen LogP contribution in [0, 0.1) is 10.8 Å². The Morgan fingerprint density at radius 1 is 1.33 bits per heavy atom. The highest BCUT2D eigenvalue weighted by atomic mass is 16.5. The quantitative estimate of drug-likeness (QED) is 0.382. The van der Waals surface area contributed by atoms with Crippen molar-refractivity contribution in [2.45, 2.75) is 19.3 Å². The first-order valence-electron chi connectivity index (χ1n) is 3.89. The van der Waals surface area contributed by atoms with E-state index in [2.05, 4.69) is 4.74 Å². The van der Waals surface area contributed by atoms with Crippen LogP contribution in [0.4, 0.5) is 0 Å². The molecule has 1 N–H and O–H groups in total. The summed E-state index contributed by atoms with van der Waals surface area (Å²) in [7, 11) is 2.75. The van der Waals surface area contributed by atoms with Crippen molar-refractivity contribution >= 4 is 11.9 Å². The van der Waals surface area contributed by atoms with Gasteiger partial charge in [-0.1, -0.05) is 6.42 Å². The van der Waals surface area contributed by atoms with Crippen LogP contribution in [-0.4, -0.2) is 26.1 Å². The molecule has 0 bridgehead atoms. The van der Waals surface area contributed by atoms with Crippen LogP contribution >= 0.6 is 0 Å². The van der Waals surface area contributed by atoms with Crippen molar-refractivity contribution in [1.29, 1.82) is 5.41 Å². The zero-order chi connectivity index (χ0) is 9.19. The van der Waals surface area contributed by atoms with E-state index in [4.69, 9.17) is 10.1 Å². The van der Waals surface area contributed by atoms with Crippen molar-refractivity contribution in [2.24, 2.45) is 5.41 Å². The maximum absolute atomic E-state index is 11.3. The molecule has 1 aliphatic carbocycles. The molecule has 0 aliphatic heterocycles. The summed E-state index contributed by atoms with van der Waals surface area (Å²) >= 11 is 0. The lowest BCUT2D eigenvalue weighted by Gasteiger charge is -2.37. The molecule has 4 nitrogen and oxygen atoms in total. The zero-order valence-electron chi connectivity index (χ0n) is 7.35. The SMILES string of the molecule is COC(=N)C1(C(=O)OC)CCC1. The highest BCUT2D eigenvalue weighted by Crippen LogP contribution is 2.43. The summed E-state index contributed by atoms with van der Waals surface area (Å²) in [6, 6.07) is 0. The number of ether oxygens (including phenoxy) is 2. The molecule has 0 atom stereocenters. The Kier molecular flexibility index (Phi) is 2.35. The van der Waals surface area contributed by atoms with Crippen LogP contribution in [-0.2, 0) is 14.3 Å². The van der Waals surface area contributed by atoms with E-state index in [1.165, 1.54) is 14.2 Å². The van der Waals surface area contributed by atoms with Gasteiger partial charge in [0.15, 0.2) is 5.90 Å². The fourth-order valence-corrected chi connectivity index (χ4v) is 1.44. The van der Waals surface area contributed by atoms with Crippen LogP contribution < -0.4 is 0 Å². The van der Waals surface area contributed by atoms with Crippen LogP contribution in [0.1, 0.15) is 19.3 Å². The van der Waals surface area contributed by atoms with E-state index in [0.29, 0.717) is 12.8 Å². The third-order valence-electron chi connectivity index (χ3n) is 2.42. The second-order valence-electron chi connectivity index (χ2n) is 2.96. The van der Waals surface area contributed by atoms with E-state index in [0.717, 1.165) is 6.42 Å². The van der Waals surface area contributed by atoms with E-state index in [1.807, 2.05) is 0 Å². The Morgan fingerprint density at radius 2 is 1.92 bits per heavy atom.